The summed E-state index contributed by atoms with van der Waals surface area (Å²) >= 11 is 5.68. The Balaban J connectivity index is 1.39. The molecule has 2 aromatic carbocycles. The van der Waals surface area contributed by atoms with E-state index in [4.69, 9.17) is 11.6 Å². The number of halogens is 4. The van der Waals surface area contributed by atoms with Crippen LogP contribution >= 0.6 is 11.6 Å². The van der Waals surface area contributed by atoms with Crippen LogP contribution in [-0.2, 0) is 17.4 Å². The van der Waals surface area contributed by atoms with Crippen molar-refractivity contribution in [3.8, 4) is 0 Å². The molecule has 1 amide bonds. The number of rotatable bonds is 5. The van der Waals surface area contributed by atoms with E-state index in [2.05, 4.69) is 25.6 Å². The normalized spacial score (nSPS) is 11.5. The highest BCUT2D eigenvalue weighted by Gasteiger charge is 2.33. The second-order valence-corrected chi connectivity index (χ2v) is 7.11. The predicted molar refractivity (Wildman–Crippen MR) is 112 cm³/mol. The third-order valence-corrected chi connectivity index (χ3v) is 4.81. The van der Waals surface area contributed by atoms with E-state index in [1.807, 2.05) is 6.07 Å². The number of nitrogens with zero attached hydrogens (tertiary/aromatic N) is 2. The van der Waals surface area contributed by atoms with Crippen molar-refractivity contribution in [2.45, 2.75) is 12.6 Å². The molecule has 0 unspecified atom stereocenters. The summed E-state index contributed by atoms with van der Waals surface area (Å²) in [5.74, 6) is 0.275. The van der Waals surface area contributed by atoms with E-state index in [1.54, 1.807) is 30.5 Å². The largest absolute Gasteiger partial charge is 0.417 e. The van der Waals surface area contributed by atoms with Gasteiger partial charge in [-0.3, -0.25) is 4.79 Å². The topological polar surface area (TPSA) is 82.7 Å². The van der Waals surface area contributed by atoms with Gasteiger partial charge in [-0.2, -0.15) is 13.2 Å². The van der Waals surface area contributed by atoms with E-state index in [1.165, 1.54) is 12.4 Å². The van der Waals surface area contributed by atoms with E-state index < -0.39 is 16.8 Å². The lowest BCUT2D eigenvalue weighted by Crippen LogP contribution is -2.15. The molecule has 0 bridgehead atoms. The first kappa shape index (κ1) is 20.7. The third-order valence-electron chi connectivity index (χ3n) is 4.49. The van der Waals surface area contributed by atoms with Crippen LogP contribution in [0.4, 0.5) is 30.4 Å². The second kappa shape index (κ2) is 8.27. The van der Waals surface area contributed by atoms with Gasteiger partial charge in [0.2, 0.25) is 5.91 Å². The van der Waals surface area contributed by atoms with Gasteiger partial charge < -0.3 is 15.6 Å². The minimum Gasteiger partial charge on any atom is -0.346 e. The molecule has 0 aliphatic rings. The predicted octanol–water partition coefficient (Wildman–Crippen LogP) is 5.55. The summed E-state index contributed by atoms with van der Waals surface area (Å²) in [7, 11) is 0. The number of nitrogens with one attached hydrogen (secondary N) is 3. The van der Waals surface area contributed by atoms with Crippen LogP contribution in [0.3, 0.4) is 0 Å². The Morgan fingerprint density at radius 2 is 1.77 bits per heavy atom. The molecule has 0 spiro atoms. The monoisotopic (exact) mass is 445 g/mol. The number of amides is 1. The molecule has 158 valence electrons. The summed E-state index contributed by atoms with van der Waals surface area (Å²) in [5.41, 5.74) is 1.47. The summed E-state index contributed by atoms with van der Waals surface area (Å²) in [4.78, 5) is 23.6. The molecule has 0 saturated heterocycles. The highest BCUT2D eigenvalue weighted by atomic mass is 35.5. The number of benzene rings is 2. The average molecular weight is 446 g/mol. The molecule has 0 radical (unpaired) electrons. The summed E-state index contributed by atoms with van der Waals surface area (Å²) in [6, 6.07) is 12.1. The maximum absolute atomic E-state index is 12.8. The van der Waals surface area contributed by atoms with Crippen molar-refractivity contribution in [2.24, 2.45) is 0 Å². The van der Waals surface area contributed by atoms with Gasteiger partial charge in [0.05, 0.1) is 22.4 Å². The lowest BCUT2D eigenvalue weighted by atomic mass is 10.1. The summed E-state index contributed by atoms with van der Waals surface area (Å²) < 4.78 is 38.3. The molecule has 0 atom stereocenters. The zero-order valence-electron chi connectivity index (χ0n) is 15.8. The fourth-order valence-corrected chi connectivity index (χ4v) is 3.32. The maximum Gasteiger partial charge on any atom is 0.417 e. The molecule has 0 fully saturated rings. The van der Waals surface area contributed by atoms with Crippen molar-refractivity contribution in [1.29, 1.82) is 0 Å². The van der Waals surface area contributed by atoms with Crippen molar-refractivity contribution in [2.75, 3.05) is 10.6 Å². The summed E-state index contributed by atoms with van der Waals surface area (Å²) in [6.07, 6.45) is -1.27. The number of aromatic nitrogens is 3. The first-order chi connectivity index (χ1) is 14.8. The average Bonchev–Trinajstić information content (AvgIpc) is 3.18. The fraction of sp³-hybridized carbons (Fsp3) is 0.0952. The number of hydrogen-bond acceptors (Lipinski definition) is 4. The van der Waals surface area contributed by atoms with Gasteiger partial charge >= 0.3 is 6.18 Å². The van der Waals surface area contributed by atoms with Crippen LogP contribution in [0.2, 0.25) is 5.02 Å². The maximum atomic E-state index is 12.8. The molecular weight excluding hydrogens is 431 g/mol. The Kier molecular flexibility index (Phi) is 5.51. The smallest absolute Gasteiger partial charge is 0.346 e. The quantitative estimate of drug-likeness (QED) is 0.376. The number of alkyl halides is 3. The van der Waals surface area contributed by atoms with Crippen LogP contribution in [0.1, 0.15) is 11.1 Å². The van der Waals surface area contributed by atoms with Gasteiger partial charge in [-0.15, -0.1) is 0 Å². The molecule has 2 heterocycles. The van der Waals surface area contributed by atoms with Crippen molar-refractivity contribution in [1.82, 2.24) is 15.0 Å². The minimum atomic E-state index is -4.55. The van der Waals surface area contributed by atoms with Crippen LogP contribution in [0.15, 0.2) is 61.1 Å². The standard InChI is InChI=1S/C21H15ClF3N5O/c22-17-10-14(5-6-16(17)21(23,24)25)29-18(31)9-12-1-3-13(4-2-12)30-20-15-7-8-26-19(15)27-11-28-20/h1-8,10-11H,9H2,(H,29,31)(H2,26,27,28,30). The highest BCUT2D eigenvalue weighted by molar-refractivity contribution is 6.31. The molecule has 3 N–H and O–H groups in total. The third kappa shape index (κ3) is 4.77. The lowest BCUT2D eigenvalue weighted by molar-refractivity contribution is -0.137. The van der Waals surface area contributed by atoms with Gasteiger partial charge in [-0.25, -0.2) is 9.97 Å². The van der Waals surface area contributed by atoms with Gasteiger partial charge in [0.25, 0.3) is 0 Å². The van der Waals surface area contributed by atoms with Crippen LogP contribution < -0.4 is 10.6 Å². The number of anilines is 3. The molecular formula is C21H15ClF3N5O. The van der Waals surface area contributed by atoms with E-state index in [-0.39, 0.29) is 18.0 Å². The lowest BCUT2D eigenvalue weighted by Gasteiger charge is -2.11. The van der Waals surface area contributed by atoms with Gasteiger partial charge in [-0.1, -0.05) is 23.7 Å². The number of hydrogen-bond donors (Lipinski definition) is 3. The van der Waals surface area contributed by atoms with Crippen LogP contribution in [0.25, 0.3) is 11.0 Å². The van der Waals surface area contributed by atoms with E-state index in [9.17, 15) is 18.0 Å². The minimum absolute atomic E-state index is 0.0501. The second-order valence-electron chi connectivity index (χ2n) is 6.70. The van der Waals surface area contributed by atoms with E-state index in [0.717, 1.165) is 28.8 Å². The summed E-state index contributed by atoms with van der Waals surface area (Å²) in [5, 5.41) is 6.13. The Hall–Kier alpha value is -3.59. The molecule has 4 aromatic rings. The van der Waals surface area contributed by atoms with Gasteiger partial charge in [0.1, 0.15) is 17.8 Å². The van der Waals surface area contributed by atoms with Crippen LogP contribution in [-0.4, -0.2) is 20.9 Å². The number of carbonyl (C=O) groups is 1. The zero-order valence-corrected chi connectivity index (χ0v) is 16.6. The molecule has 10 heteroatoms. The first-order valence-electron chi connectivity index (χ1n) is 9.10. The molecule has 0 aliphatic heterocycles. The fourth-order valence-electron chi connectivity index (χ4n) is 3.03. The highest BCUT2D eigenvalue weighted by Crippen LogP contribution is 2.35. The molecule has 2 aromatic heterocycles. The van der Waals surface area contributed by atoms with Crippen LogP contribution in [0.5, 0.6) is 0 Å². The number of carbonyl (C=O) groups excluding carboxylic acids is 1. The van der Waals surface area contributed by atoms with Crippen molar-refractivity contribution < 1.29 is 18.0 Å². The summed E-state index contributed by atoms with van der Waals surface area (Å²) in [6.45, 7) is 0. The molecule has 31 heavy (non-hydrogen) atoms. The molecule has 0 saturated carbocycles. The molecule has 6 nitrogen and oxygen atoms in total. The Morgan fingerprint density at radius 3 is 2.48 bits per heavy atom. The van der Waals surface area contributed by atoms with Crippen molar-refractivity contribution in [3.63, 3.8) is 0 Å². The van der Waals surface area contributed by atoms with E-state index >= 15 is 0 Å². The Labute approximate surface area is 179 Å². The first-order valence-corrected chi connectivity index (χ1v) is 9.48. The zero-order chi connectivity index (χ0) is 22.0. The number of H-pyrrole nitrogens is 1. The molecule has 4 rings (SSSR count). The van der Waals surface area contributed by atoms with Gasteiger partial charge in [0.15, 0.2) is 0 Å². The van der Waals surface area contributed by atoms with E-state index in [0.29, 0.717) is 11.5 Å². The van der Waals surface area contributed by atoms with Crippen molar-refractivity contribution in [3.05, 3.63) is 77.2 Å². The SMILES string of the molecule is O=C(Cc1ccc(Nc2ncnc3[nH]ccc23)cc1)Nc1ccc(C(F)(F)F)c(Cl)c1. The number of aromatic amines is 1. The van der Waals surface area contributed by atoms with Crippen LogP contribution in [0, 0.1) is 0 Å². The molecule has 0 aliphatic carbocycles. The van der Waals surface area contributed by atoms with Gasteiger partial charge in [-0.05, 0) is 42.0 Å². The van der Waals surface area contributed by atoms with Gasteiger partial charge in [0, 0.05) is 17.6 Å². The number of fused-ring (bicyclic) bond motifs is 1. The van der Waals surface area contributed by atoms with Crippen molar-refractivity contribution >= 4 is 45.7 Å². The Bertz CT molecular complexity index is 1240. The Morgan fingerprint density at radius 1 is 1.03 bits per heavy atom.